The highest BCUT2D eigenvalue weighted by Crippen LogP contribution is 2.20. The Bertz CT molecular complexity index is 578. The number of halogens is 1. The maximum absolute atomic E-state index is 5.78. The first kappa shape index (κ1) is 18.7. The van der Waals surface area contributed by atoms with Crippen LogP contribution in [-0.4, -0.2) is 30.0 Å². The van der Waals surface area contributed by atoms with Crippen molar-refractivity contribution in [2.75, 3.05) is 20.1 Å². The van der Waals surface area contributed by atoms with E-state index in [1.807, 2.05) is 12.1 Å². The Morgan fingerprint density at radius 3 is 2.45 bits per heavy atom. The normalized spacial score (nSPS) is 11.5. The molecule has 2 aromatic rings. The molecule has 5 heteroatoms. The molecule has 0 unspecified atom stereocenters. The van der Waals surface area contributed by atoms with E-state index >= 15 is 0 Å². The molecule has 122 valence electrons. The molecule has 0 fully saturated rings. The van der Waals surface area contributed by atoms with Crippen molar-refractivity contribution in [3.8, 4) is 11.5 Å². The highest BCUT2D eigenvalue weighted by atomic mass is 35.5. The lowest BCUT2D eigenvalue weighted by Crippen LogP contribution is -2.36. The standard InChI is InChI=1S/C17H25N3O.ClH/c1-13-5-7-14(8-6-13)16-19-15(10-21-16)9-20(4)12-17(2,3)11-18;/h5-8,10H,9,11-12,18H2,1-4H3;1H. The molecule has 0 saturated carbocycles. The van der Waals surface area contributed by atoms with E-state index in [9.17, 15) is 0 Å². The van der Waals surface area contributed by atoms with Crippen molar-refractivity contribution in [2.24, 2.45) is 11.1 Å². The van der Waals surface area contributed by atoms with Gasteiger partial charge in [-0.15, -0.1) is 12.4 Å². The summed E-state index contributed by atoms with van der Waals surface area (Å²) in [5.41, 5.74) is 9.08. The number of oxazole rings is 1. The molecular weight excluding hydrogens is 298 g/mol. The molecule has 0 radical (unpaired) electrons. The number of hydrogen-bond acceptors (Lipinski definition) is 4. The van der Waals surface area contributed by atoms with E-state index in [1.54, 1.807) is 6.26 Å². The van der Waals surface area contributed by atoms with Crippen LogP contribution in [0.2, 0.25) is 0 Å². The number of benzene rings is 1. The average molecular weight is 324 g/mol. The summed E-state index contributed by atoms with van der Waals surface area (Å²) in [5, 5.41) is 0. The van der Waals surface area contributed by atoms with E-state index < -0.39 is 0 Å². The summed E-state index contributed by atoms with van der Waals surface area (Å²) in [6, 6.07) is 8.20. The third-order valence-electron chi connectivity index (χ3n) is 3.53. The van der Waals surface area contributed by atoms with Crippen LogP contribution in [-0.2, 0) is 6.54 Å². The third kappa shape index (κ3) is 5.13. The first-order valence-electron chi connectivity index (χ1n) is 7.30. The number of nitrogens with two attached hydrogens (primary N) is 1. The monoisotopic (exact) mass is 323 g/mol. The zero-order valence-corrected chi connectivity index (χ0v) is 14.6. The molecule has 0 bridgehead atoms. The molecule has 1 aromatic heterocycles. The van der Waals surface area contributed by atoms with Gasteiger partial charge in [-0.1, -0.05) is 31.5 Å². The van der Waals surface area contributed by atoms with Gasteiger partial charge in [-0.05, 0) is 38.1 Å². The van der Waals surface area contributed by atoms with Gasteiger partial charge < -0.3 is 10.2 Å². The lowest BCUT2D eigenvalue weighted by atomic mass is 9.93. The van der Waals surface area contributed by atoms with E-state index in [4.69, 9.17) is 10.2 Å². The number of hydrogen-bond donors (Lipinski definition) is 1. The summed E-state index contributed by atoms with van der Waals surface area (Å²) in [4.78, 5) is 6.79. The highest BCUT2D eigenvalue weighted by Gasteiger charge is 2.19. The van der Waals surface area contributed by atoms with Gasteiger partial charge in [0.25, 0.3) is 0 Å². The fraction of sp³-hybridized carbons (Fsp3) is 0.471. The number of rotatable bonds is 6. The summed E-state index contributed by atoms with van der Waals surface area (Å²) in [5.74, 6) is 0.677. The second-order valence-electron chi connectivity index (χ2n) is 6.55. The van der Waals surface area contributed by atoms with Gasteiger partial charge in [0.05, 0.1) is 5.69 Å². The van der Waals surface area contributed by atoms with E-state index in [0.29, 0.717) is 12.4 Å². The summed E-state index contributed by atoms with van der Waals surface area (Å²) in [6.45, 7) is 8.77. The average Bonchev–Trinajstić information content (AvgIpc) is 2.87. The lowest BCUT2D eigenvalue weighted by molar-refractivity contribution is 0.208. The summed E-state index contributed by atoms with van der Waals surface area (Å²) >= 11 is 0. The van der Waals surface area contributed by atoms with Gasteiger partial charge in [0.1, 0.15) is 6.26 Å². The molecule has 0 saturated heterocycles. The number of nitrogens with zero attached hydrogens (tertiary/aromatic N) is 2. The van der Waals surface area contributed by atoms with Crippen LogP contribution in [0.15, 0.2) is 34.9 Å². The van der Waals surface area contributed by atoms with Gasteiger partial charge in [0, 0.05) is 18.7 Å². The van der Waals surface area contributed by atoms with Gasteiger partial charge in [0.2, 0.25) is 5.89 Å². The van der Waals surface area contributed by atoms with Crippen molar-refractivity contribution >= 4 is 12.4 Å². The zero-order valence-electron chi connectivity index (χ0n) is 13.8. The van der Waals surface area contributed by atoms with Crippen LogP contribution in [0.4, 0.5) is 0 Å². The topological polar surface area (TPSA) is 55.3 Å². The van der Waals surface area contributed by atoms with Crippen molar-refractivity contribution in [2.45, 2.75) is 27.3 Å². The molecule has 0 amide bonds. The molecule has 0 spiro atoms. The van der Waals surface area contributed by atoms with Crippen molar-refractivity contribution < 1.29 is 4.42 Å². The summed E-state index contributed by atoms with van der Waals surface area (Å²) in [7, 11) is 2.08. The molecular formula is C17H26ClN3O. The lowest BCUT2D eigenvalue weighted by Gasteiger charge is -2.28. The van der Waals surface area contributed by atoms with E-state index in [-0.39, 0.29) is 17.8 Å². The Morgan fingerprint density at radius 1 is 1.23 bits per heavy atom. The van der Waals surface area contributed by atoms with Gasteiger partial charge in [0.15, 0.2) is 0 Å². The Hall–Kier alpha value is -1.36. The third-order valence-corrected chi connectivity index (χ3v) is 3.53. The van der Waals surface area contributed by atoms with Crippen molar-refractivity contribution in [3.05, 3.63) is 41.8 Å². The van der Waals surface area contributed by atoms with E-state index in [1.165, 1.54) is 5.56 Å². The summed E-state index contributed by atoms with van der Waals surface area (Å²) < 4.78 is 5.59. The largest absolute Gasteiger partial charge is 0.444 e. The Morgan fingerprint density at radius 2 is 1.86 bits per heavy atom. The minimum atomic E-state index is 0. The molecule has 22 heavy (non-hydrogen) atoms. The molecule has 0 atom stereocenters. The van der Waals surface area contributed by atoms with Crippen LogP contribution in [0.1, 0.15) is 25.1 Å². The molecule has 0 aliphatic carbocycles. The Kier molecular flexibility index (Phi) is 6.60. The minimum absolute atomic E-state index is 0. The maximum atomic E-state index is 5.78. The van der Waals surface area contributed by atoms with Crippen molar-refractivity contribution in [1.29, 1.82) is 0 Å². The zero-order chi connectivity index (χ0) is 15.5. The van der Waals surface area contributed by atoms with Crippen LogP contribution < -0.4 is 5.73 Å². The van der Waals surface area contributed by atoms with Crippen LogP contribution in [0.5, 0.6) is 0 Å². The fourth-order valence-electron chi connectivity index (χ4n) is 2.34. The molecule has 4 nitrogen and oxygen atoms in total. The van der Waals surface area contributed by atoms with Crippen LogP contribution in [0.3, 0.4) is 0 Å². The molecule has 2 rings (SSSR count). The summed E-state index contributed by atoms with van der Waals surface area (Å²) in [6.07, 6.45) is 1.74. The van der Waals surface area contributed by atoms with Crippen LogP contribution >= 0.6 is 12.4 Å². The van der Waals surface area contributed by atoms with E-state index in [2.05, 4.69) is 49.8 Å². The van der Waals surface area contributed by atoms with E-state index in [0.717, 1.165) is 24.3 Å². The first-order chi connectivity index (χ1) is 9.89. The van der Waals surface area contributed by atoms with Gasteiger partial charge in [-0.3, -0.25) is 4.90 Å². The number of aromatic nitrogens is 1. The molecule has 1 aromatic carbocycles. The van der Waals surface area contributed by atoms with Crippen LogP contribution in [0.25, 0.3) is 11.5 Å². The Labute approximate surface area is 139 Å². The number of aryl methyl sites for hydroxylation is 1. The van der Waals surface area contributed by atoms with Crippen molar-refractivity contribution in [1.82, 2.24) is 9.88 Å². The maximum Gasteiger partial charge on any atom is 0.226 e. The second-order valence-corrected chi connectivity index (χ2v) is 6.55. The quantitative estimate of drug-likeness (QED) is 0.884. The predicted molar refractivity (Wildman–Crippen MR) is 93.1 cm³/mol. The molecule has 0 aliphatic rings. The van der Waals surface area contributed by atoms with Crippen molar-refractivity contribution in [3.63, 3.8) is 0 Å². The van der Waals surface area contributed by atoms with Gasteiger partial charge in [-0.2, -0.15) is 0 Å². The fourth-order valence-corrected chi connectivity index (χ4v) is 2.34. The van der Waals surface area contributed by atoms with Crippen LogP contribution in [0, 0.1) is 12.3 Å². The SMILES string of the molecule is Cc1ccc(-c2nc(CN(C)CC(C)(C)CN)co2)cc1.Cl. The second kappa shape index (κ2) is 7.77. The molecule has 0 aliphatic heterocycles. The van der Waals surface area contributed by atoms with Gasteiger partial charge >= 0.3 is 0 Å². The molecule has 2 N–H and O–H groups in total. The highest BCUT2D eigenvalue weighted by molar-refractivity contribution is 5.85. The van der Waals surface area contributed by atoms with Gasteiger partial charge in [-0.25, -0.2) is 4.98 Å². The Balaban J connectivity index is 0.00000242. The predicted octanol–water partition coefficient (Wildman–Crippen LogP) is 3.49. The molecule has 1 heterocycles. The smallest absolute Gasteiger partial charge is 0.226 e. The minimum Gasteiger partial charge on any atom is -0.444 e. The first-order valence-corrected chi connectivity index (χ1v) is 7.30.